The van der Waals surface area contributed by atoms with Crippen molar-refractivity contribution in [2.24, 2.45) is 0 Å². The fourth-order valence-corrected chi connectivity index (χ4v) is 4.70. The normalized spacial score (nSPS) is 27.2. The van der Waals surface area contributed by atoms with E-state index in [4.69, 9.17) is 0 Å². The molecule has 1 heterocycles. The van der Waals surface area contributed by atoms with Gasteiger partial charge in [-0.2, -0.15) is 0 Å². The summed E-state index contributed by atoms with van der Waals surface area (Å²) in [6.07, 6.45) is 6.63. The van der Waals surface area contributed by atoms with Crippen LogP contribution in [0.4, 0.5) is 0 Å². The largest absolute Gasteiger partial charge is 0.313 e. The fraction of sp³-hybridized carbons (Fsp3) is 1.00. The van der Waals surface area contributed by atoms with Crippen molar-refractivity contribution >= 4 is 10.0 Å². The van der Waals surface area contributed by atoms with Gasteiger partial charge in [-0.3, -0.25) is 0 Å². The first-order chi connectivity index (χ1) is 8.94. The van der Waals surface area contributed by atoms with Crippen LogP contribution in [-0.4, -0.2) is 57.8 Å². The molecular weight excluding hydrogens is 262 g/mol. The zero-order valence-electron chi connectivity index (χ0n) is 12.1. The molecule has 2 aliphatic rings. The number of rotatable bonds is 6. The summed E-state index contributed by atoms with van der Waals surface area (Å²) in [4.78, 5) is 2.19. The highest BCUT2D eigenvalue weighted by Crippen LogP contribution is 2.33. The Morgan fingerprint density at radius 3 is 2.47 bits per heavy atom. The molecule has 112 valence electrons. The lowest BCUT2D eigenvalue weighted by atomic mass is 9.97. The quantitative estimate of drug-likeness (QED) is 0.749. The van der Waals surface area contributed by atoms with Crippen molar-refractivity contribution < 1.29 is 8.42 Å². The molecule has 2 N–H and O–H groups in total. The zero-order chi connectivity index (χ0) is 13.9. The Bertz CT molecular complexity index is 383. The Hall–Kier alpha value is -0.170. The molecule has 1 saturated carbocycles. The molecule has 0 bridgehead atoms. The SMILES string of the molecule is CN(C)C1(CNS(=O)(=O)CC2CCCN2)CCCC1. The number of hydrogen-bond acceptors (Lipinski definition) is 4. The summed E-state index contributed by atoms with van der Waals surface area (Å²) in [5.74, 6) is 0.219. The van der Waals surface area contributed by atoms with Gasteiger partial charge in [0.25, 0.3) is 0 Å². The third kappa shape index (κ3) is 3.90. The maximum absolute atomic E-state index is 12.1. The molecule has 0 radical (unpaired) electrons. The molecule has 6 heteroatoms. The predicted molar refractivity (Wildman–Crippen MR) is 77.7 cm³/mol. The van der Waals surface area contributed by atoms with Crippen molar-refractivity contribution in [2.45, 2.75) is 50.1 Å². The highest BCUT2D eigenvalue weighted by Gasteiger charge is 2.37. The molecule has 19 heavy (non-hydrogen) atoms. The van der Waals surface area contributed by atoms with Crippen molar-refractivity contribution in [2.75, 3.05) is 32.9 Å². The third-order valence-electron chi connectivity index (χ3n) is 4.69. The van der Waals surface area contributed by atoms with Crippen molar-refractivity contribution in [1.29, 1.82) is 0 Å². The third-order valence-corrected chi connectivity index (χ3v) is 6.11. The Morgan fingerprint density at radius 1 is 1.26 bits per heavy atom. The minimum atomic E-state index is -3.16. The van der Waals surface area contributed by atoms with Gasteiger partial charge in [-0.15, -0.1) is 0 Å². The van der Waals surface area contributed by atoms with Crippen LogP contribution < -0.4 is 10.0 Å². The fourth-order valence-electron chi connectivity index (χ4n) is 3.28. The second-order valence-corrected chi connectivity index (χ2v) is 8.07. The minimum Gasteiger partial charge on any atom is -0.313 e. The molecule has 1 saturated heterocycles. The van der Waals surface area contributed by atoms with Crippen LogP contribution in [0.15, 0.2) is 0 Å². The molecule has 1 aliphatic heterocycles. The number of nitrogens with one attached hydrogen (secondary N) is 2. The van der Waals surface area contributed by atoms with Crippen molar-refractivity contribution in [3.63, 3.8) is 0 Å². The van der Waals surface area contributed by atoms with Crippen LogP contribution in [0.5, 0.6) is 0 Å². The van der Waals surface area contributed by atoms with Gasteiger partial charge in [-0.1, -0.05) is 12.8 Å². The van der Waals surface area contributed by atoms with Gasteiger partial charge in [-0.05, 0) is 46.3 Å². The van der Waals surface area contributed by atoms with E-state index in [2.05, 4.69) is 29.0 Å². The van der Waals surface area contributed by atoms with E-state index < -0.39 is 10.0 Å². The van der Waals surface area contributed by atoms with Crippen molar-refractivity contribution in [1.82, 2.24) is 14.9 Å². The van der Waals surface area contributed by atoms with E-state index in [-0.39, 0.29) is 17.3 Å². The van der Waals surface area contributed by atoms with Gasteiger partial charge in [0.2, 0.25) is 10.0 Å². The highest BCUT2D eigenvalue weighted by molar-refractivity contribution is 7.89. The monoisotopic (exact) mass is 289 g/mol. The highest BCUT2D eigenvalue weighted by atomic mass is 32.2. The summed E-state index contributed by atoms with van der Waals surface area (Å²) in [7, 11) is 0.944. The summed E-state index contributed by atoms with van der Waals surface area (Å²) < 4.78 is 27.1. The van der Waals surface area contributed by atoms with E-state index in [0.717, 1.165) is 32.2 Å². The van der Waals surface area contributed by atoms with Gasteiger partial charge in [-0.25, -0.2) is 13.1 Å². The zero-order valence-corrected chi connectivity index (χ0v) is 12.9. The lowest BCUT2D eigenvalue weighted by molar-refractivity contribution is 0.162. The molecule has 2 rings (SSSR count). The average molecular weight is 289 g/mol. The molecule has 1 atom stereocenters. The Balaban J connectivity index is 1.89. The molecular formula is C13H27N3O2S. The van der Waals surface area contributed by atoms with E-state index >= 15 is 0 Å². The number of nitrogens with zero attached hydrogens (tertiary/aromatic N) is 1. The number of likely N-dealkylation sites (N-methyl/N-ethyl adjacent to an activating group) is 1. The van der Waals surface area contributed by atoms with Gasteiger partial charge < -0.3 is 10.2 Å². The Kier molecular flexibility index (Phi) is 4.87. The first-order valence-electron chi connectivity index (χ1n) is 7.32. The van der Waals surface area contributed by atoms with E-state index in [1.54, 1.807) is 0 Å². The summed E-state index contributed by atoms with van der Waals surface area (Å²) >= 11 is 0. The van der Waals surface area contributed by atoms with E-state index in [0.29, 0.717) is 6.54 Å². The molecule has 1 unspecified atom stereocenters. The summed E-state index contributed by atoms with van der Waals surface area (Å²) in [5.41, 5.74) is 0.0240. The van der Waals surface area contributed by atoms with Crippen LogP contribution >= 0.6 is 0 Å². The lowest BCUT2D eigenvalue weighted by Gasteiger charge is -2.36. The van der Waals surface area contributed by atoms with Crippen LogP contribution in [0.2, 0.25) is 0 Å². The maximum Gasteiger partial charge on any atom is 0.213 e. The molecule has 0 amide bonds. The van der Waals surface area contributed by atoms with Crippen LogP contribution in [0.25, 0.3) is 0 Å². The molecule has 2 fully saturated rings. The second-order valence-electron chi connectivity index (χ2n) is 6.22. The van der Waals surface area contributed by atoms with Crippen LogP contribution in [0, 0.1) is 0 Å². The van der Waals surface area contributed by atoms with Gasteiger partial charge in [0.1, 0.15) is 0 Å². The molecule has 0 aromatic carbocycles. The van der Waals surface area contributed by atoms with Crippen molar-refractivity contribution in [3.05, 3.63) is 0 Å². The van der Waals surface area contributed by atoms with Gasteiger partial charge in [0.05, 0.1) is 5.75 Å². The van der Waals surface area contributed by atoms with Gasteiger partial charge >= 0.3 is 0 Å². The lowest BCUT2D eigenvalue weighted by Crippen LogP contribution is -2.51. The topological polar surface area (TPSA) is 61.4 Å². The van der Waals surface area contributed by atoms with E-state index in [1.165, 1.54) is 12.8 Å². The number of hydrogen-bond donors (Lipinski definition) is 2. The molecule has 5 nitrogen and oxygen atoms in total. The van der Waals surface area contributed by atoms with E-state index in [1.807, 2.05) is 0 Å². The second kappa shape index (κ2) is 6.08. The predicted octanol–water partition coefficient (Wildman–Crippen LogP) is 0.532. The van der Waals surface area contributed by atoms with E-state index in [9.17, 15) is 8.42 Å². The Labute approximate surface area is 117 Å². The summed E-state index contributed by atoms with van der Waals surface area (Å²) in [6.45, 7) is 1.50. The molecule has 0 aromatic rings. The molecule has 0 spiro atoms. The molecule has 1 aliphatic carbocycles. The number of sulfonamides is 1. The first kappa shape index (κ1) is 15.2. The summed E-state index contributed by atoms with van der Waals surface area (Å²) in [5, 5.41) is 3.24. The first-order valence-corrected chi connectivity index (χ1v) is 8.97. The van der Waals surface area contributed by atoms with Crippen LogP contribution in [0.3, 0.4) is 0 Å². The van der Waals surface area contributed by atoms with Gasteiger partial charge in [0.15, 0.2) is 0 Å². The Morgan fingerprint density at radius 2 is 1.95 bits per heavy atom. The summed E-state index contributed by atoms with van der Waals surface area (Å²) in [6, 6.07) is 0.136. The average Bonchev–Trinajstić information content (AvgIpc) is 2.97. The van der Waals surface area contributed by atoms with Gasteiger partial charge in [0, 0.05) is 18.1 Å². The van der Waals surface area contributed by atoms with Crippen LogP contribution in [-0.2, 0) is 10.0 Å². The smallest absolute Gasteiger partial charge is 0.213 e. The van der Waals surface area contributed by atoms with Crippen molar-refractivity contribution in [3.8, 4) is 0 Å². The minimum absolute atomic E-state index is 0.0240. The standard InChI is InChI=1S/C13H27N3O2S/c1-16(2)13(7-3-4-8-13)11-15-19(17,18)10-12-6-5-9-14-12/h12,14-15H,3-11H2,1-2H3. The van der Waals surface area contributed by atoms with Crippen LogP contribution in [0.1, 0.15) is 38.5 Å². The maximum atomic E-state index is 12.1. The molecule has 0 aromatic heterocycles.